The van der Waals surface area contributed by atoms with Crippen molar-refractivity contribution in [1.29, 1.82) is 0 Å². The molecule has 0 bridgehead atoms. The van der Waals surface area contributed by atoms with Gasteiger partial charge in [-0.15, -0.1) is 0 Å². The Bertz CT molecular complexity index is 771. The molecule has 0 radical (unpaired) electrons. The zero-order valence-corrected chi connectivity index (χ0v) is 18.7. The van der Waals surface area contributed by atoms with Crippen molar-refractivity contribution in [1.82, 2.24) is 0 Å². The second-order valence-electron chi connectivity index (χ2n) is 6.20. The van der Waals surface area contributed by atoms with E-state index in [0.717, 1.165) is 30.0 Å². The van der Waals surface area contributed by atoms with Crippen LogP contribution in [0.2, 0.25) is 5.02 Å². The summed E-state index contributed by atoms with van der Waals surface area (Å²) in [5, 5.41) is 3.91. The Hall–Kier alpha value is -1.52. The lowest BCUT2D eigenvalue weighted by atomic mass is 10.2. The van der Waals surface area contributed by atoms with Gasteiger partial charge in [0.15, 0.2) is 5.78 Å². The summed E-state index contributed by atoms with van der Waals surface area (Å²) in [6.45, 7) is 10.3. The van der Waals surface area contributed by atoms with Gasteiger partial charge in [0, 0.05) is 29.5 Å². The first-order chi connectivity index (χ1) is 13.5. The van der Waals surface area contributed by atoms with E-state index in [1.54, 1.807) is 12.1 Å². The molecule has 0 aliphatic rings. The van der Waals surface area contributed by atoms with Crippen molar-refractivity contribution in [2.24, 2.45) is 0 Å². The maximum Gasteiger partial charge on any atom is 0.357 e. The summed E-state index contributed by atoms with van der Waals surface area (Å²) in [5.41, 5.74) is 2.71. The quantitative estimate of drug-likeness (QED) is 0.414. The summed E-state index contributed by atoms with van der Waals surface area (Å²) in [6, 6.07) is 15.3. The van der Waals surface area contributed by atoms with E-state index in [4.69, 9.17) is 20.6 Å². The predicted molar refractivity (Wildman–Crippen MR) is 119 cm³/mol. The van der Waals surface area contributed by atoms with Crippen LogP contribution in [0.1, 0.15) is 39.0 Å². The Kier molecular flexibility index (Phi) is 8.84. The summed E-state index contributed by atoms with van der Waals surface area (Å²) in [6.07, 6.45) is 0. The number of hydrogen-bond acceptors (Lipinski definition) is 5. The fraction of sp³-hybridized carbons (Fsp3) is 0.429. The first kappa shape index (κ1) is 22.8. The molecule has 1 N–H and O–H groups in total. The second-order valence-corrected chi connectivity index (χ2v) is 8.75. The van der Waals surface area contributed by atoms with Gasteiger partial charge < -0.3 is 19.3 Å². The number of rotatable bonds is 11. The lowest BCUT2D eigenvalue weighted by Crippen LogP contribution is -2.22. The van der Waals surface area contributed by atoms with E-state index in [-0.39, 0.29) is 0 Å². The van der Waals surface area contributed by atoms with Crippen molar-refractivity contribution < 1.29 is 13.6 Å². The molecule has 28 heavy (non-hydrogen) atoms. The molecular formula is C21H30ClN2O3P. The van der Waals surface area contributed by atoms with Crippen LogP contribution in [0.15, 0.2) is 48.5 Å². The molecule has 1 unspecified atom stereocenters. The van der Waals surface area contributed by atoms with E-state index in [0.29, 0.717) is 18.2 Å². The topological polar surface area (TPSA) is 50.8 Å². The number of anilines is 2. The van der Waals surface area contributed by atoms with Crippen molar-refractivity contribution in [3.05, 3.63) is 59.1 Å². The molecule has 1 atom stereocenters. The van der Waals surface area contributed by atoms with Gasteiger partial charge >= 0.3 is 7.60 Å². The Morgan fingerprint density at radius 2 is 1.61 bits per heavy atom. The lowest BCUT2D eigenvalue weighted by Gasteiger charge is -2.29. The van der Waals surface area contributed by atoms with Gasteiger partial charge in [-0.25, -0.2) is 0 Å². The highest BCUT2D eigenvalue weighted by atomic mass is 35.5. The number of hydrogen-bond donors (Lipinski definition) is 1. The molecule has 154 valence electrons. The van der Waals surface area contributed by atoms with E-state index in [9.17, 15) is 4.57 Å². The third-order valence-electron chi connectivity index (χ3n) is 4.40. The molecule has 0 saturated carbocycles. The molecule has 0 aromatic heterocycles. The van der Waals surface area contributed by atoms with Crippen LogP contribution in [0.25, 0.3) is 0 Å². The van der Waals surface area contributed by atoms with Crippen LogP contribution in [-0.4, -0.2) is 26.3 Å². The Labute approximate surface area is 173 Å². The zero-order valence-electron chi connectivity index (χ0n) is 17.0. The summed E-state index contributed by atoms with van der Waals surface area (Å²) < 4.78 is 24.9. The Balaban J connectivity index is 2.43. The minimum atomic E-state index is -3.45. The van der Waals surface area contributed by atoms with Crippen molar-refractivity contribution >= 4 is 30.6 Å². The van der Waals surface area contributed by atoms with Crippen LogP contribution < -0.4 is 10.2 Å². The van der Waals surface area contributed by atoms with E-state index in [1.165, 1.54) is 0 Å². The molecule has 0 aliphatic carbocycles. The van der Waals surface area contributed by atoms with E-state index in [1.807, 2.05) is 50.2 Å². The van der Waals surface area contributed by atoms with Gasteiger partial charge in [-0.2, -0.15) is 0 Å². The molecule has 2 rings (SSSR count). The molecule has 5 nitrogen and oxygen atoms in total. The minimum absolute atomic E-state index is 0.294. The molecule has 2 aromatic rings. The standard InChI is InChI=1S/C21H30ClN2O3P/c1-5-24(6-2)20-14-12-17(13-15-20)21(28(25,26-7-3)27-8-4)23-19-11-9-10-18(22)16-19/h9-16,21,23H,5-8H2,1-4H3. The monoisotopic (exact) mass is 424 g/mol. The number of nitrogens with zero attached hydrogens (tertiary/aromatic N) is 1. The van der Waals surface area contributed by atoms with Gasteiger partial charge in [0.2, 0.25) is 0 Å². The number of benzene rings is 2. The summed E-state index contributed by atoms with van der Waals surface area (Å²) >= 11 is 6.12. The van der Waals surface area contributed by atoms with E-state index < -0.39 is 13.4 Å². The van der Waals surface area contributed by atoms with Crippen LogP contribution in [0.3, 0.4) is 0 Å². The predicted octanol–water partition coefficient (Wildman–Crippen LogP) is 6.56. The fourth-order valence-corrected chi connectivity index (χ4v) is 5.21. The lowest BCUT2D eigenvalue weighted by molar-refractivity contribution is 0.214. The molecule has 2 aromatic carbocycles. The van der Waals surface area contributed by atoms with Gasteiger partial charge in [-0.05, 0) is 63.6 Å². The number of halogens is 1. The first-order valence-electron chi connectivity index (χ1n) is 9.73. The highest BCUT2D eigenvalue weighted by Gasteiger charge is 2.37. The van der Waals surface area contributed by atoms with Gasteiger partial charge in [0.25, 0.3) is 0 Å². The molecule has 0 fully saturated rings. The third-order valence-corrected chi connectivity index (χ3v) is 6.93. The highest BCUT2D eigenvalue weighted by Crippen LogP contribution is 2.60. The third kappa shape index (κ3) is 5.74. The van der Waals surface area contributed by atoms with Crippen LogP contribution in [-0.2, 0) is 13.6 Å². The fourth-order valence-electron chi connectivity index (χ4n) is 3.08. The molecule has 0 saturated heterocycles. The maximum absolute atomic E-state index is 13.6. The van der Waals surface area contributed by atoms with Crippen molar-refractivity contribution in [3.8, 4) is 0 Å². The van der Waals surface area contributed by atoms with Crippen molar-refractivity contribution in [3.63, 3.8) is 0 Å². The van der Waals surface area contributed by atoms with E-state index >= 15 is 0 Å². The summed E-state index contributed by atoms with van der Waals surface area (Å²) in [4.78, 5) is 2.26. The average Bonchev–Trinajstić information content (AvgIpc) is 2.68. The van der Waals surface area contributed by atoms with Crippen LogP contribution in [0.5, 0.6) is 0 Å². The normalized spacial score (nSPS) is 12.6. The maximum atomic E-state index is 13.6. The minimum Gasteiger partial charge on any atom is -0.372 e. The largest absolute Gasteiger partial charge is 0.372 e. The van der Waals surface area contributed by atoms with Crippen molar-refractivity contribution in [2.75, 3.05) is 36.5 Å². The molecule has 0 heterocycles. The number of nitrogens with one attached hydrogen (secondary N) is 1. The summed E-state index contributed by atoms with van der Waals surface area (Å²) in [5.74, 6) is -0.642. The average molecular weight is 425 g/mol. The molecule has 0 amide bonds. The molecule has 0 aliphatic heterocycles. The smallest absolute Gasteiger partial charge is 0.357 e. The van der Waals surface area contributed by atoms with Gasteiger partial charge in [0.05, 0.1) is 13.2 Å². The SMILES string of the molecule is CCOP(=O)(OCC)C(Nc1cccc(Cl)c1)c1ccc(N(CC)CC)cc1. The van der Waals surface area contributed by atoms with Crippen LogP contribution in [0.4, 0.5) is 11.4 Å². The zero-order chi connectivity index (χ0) is 20.6. The van der Waals surface area contributed by atoms with Crippen LogP contribution in [0, 0.1) is 0 Å². The van der Waals surface area contributed by atoms with Gasteiger partial charge in [0.1, 0.15) is 0 Å². The Morgan fingerprint density at radius 1 is 1.00 bits per heavy atom. The molecule has 7 heteroatoms. The van der Waals surface area contributed by atoms with E-state index in [2.05, 4.69) is 24.1 Å². The highest BCUT2D eigenvalue weighted by molar-refractivity contribution is 7.54. The van der Waals surface area contributed by atoms with Gasteiger partial charge in [-0.1, -0.05) is 29.8 Å². The van der Waals surface area contributed by atoms with Crippen molar-refractivity contribution in [2.45, 2.75) is 33.5 Å². The second kappa shape index (κ2) is 10.9. The molecule has 0 spiro atoms. The summed E-state index contributed by atoms with van der Waals surface area (Å²) in [7, 11) is -3.45. The van der Waals surface area contributed by atoms with Gasteiger partial charge in [-0.3, -0.25) is 4.57 Å². The Morgan fingerprint density at radius 3 is 2.11 bits per heavy atom. The first-order valence-corrected chi connectivity index (χ1v) is 11.7. The van der Waals surface area contributed by atoms with Crippen LogP contribution >= 0.6 is 19.2 Å². The molecular weight excluding hydrogens is 395 g/mol.